The van der Waals surface area contributed by atoms with E-state index in [2.05, 4.69) is 0 Å². The molecule has 0 saturated carbocycles. The third-order valence-corrected chi connectivity index (χ3v) is 3.10. The summed E-state index contributed by atoms with van der Waals surface area (Å²) in [5.41, 5.74) is 0. The van der Waals surface area contributed by atoms with E-state index in [4.69, 9.17) is 5.11 Å². The van der Waals surface area contributed by atoms with Crippen molar-refractivity contribution in [1.29, 1.82) is 0 Å². The van der Waals surface area contributed by atoms with Gasteiger partial charge in [-0.1, -0.05) is 6.92 Å². The molecule has 0 bridgehead atoms. The summed E-state index contributed by atoms with van der Waals surface area (Å²) in [4.78, 5) is 10.2. The maximum absolute atomic E-state index is 11.9. The van der Waals surface area contributed by atoms with Gasteiger partial charge in [-0.2, -0.15) is 8.78 Å². The summed E-state index contributed by atoms with van der Waals surface area (Å²) in [6, 6.07) is 0. The van der Waals surface area contributed by atoms with E-state index in [1.807, 2.05) is 0 Å². The zero-order chi connectivity index (χ0) is 12.8. The predicted molar refractivity (Wildman–Crippen MR) is 53.6 cm³/mol. The van der Waals surface area contributed by atoms with Crippen LogP contribution in [0.4, 0.5) is 8.78 Å². The van der Waals surface area contributed by atoms with Crippen molar-refractivity contribution in [3.63, 3.8) is 0 Å². The third kappa shape index (κ3) is 6.67. The van der Waals surface area contributed by atoms with E-state index in [-0.39, 0.29) is 18.9 Å². The van der Waals surface area contributed by atoms with E-state index in [0.717, 1.165) is 0 Å². The topological polar surface area (TPSA) is 83.5 Å². The van der Waals surface area contributed by atoms with Crippen LogP contribution in [0, 0.1) is 5.92 Å². The summed E-state index contributed by atoms with van der Waals surface area (Å²) in [5.74, 6) is -4.39. The molecule has 0 aromatic rings. The first kappa shape index (κ1) is 15.2. The van der Waals surface area contributed by atoms with Crippen LogP contribution in [0.1, 0.15) is 26.2 Å². The third-order valence-electron chi connectivity index (χ3n) is 2.03. The Kier molecular flexibility index (Phi) is 6.42. The fourth-order valence-electron chi connectivity index (χ4n) is 1.02. The van der Waals surface area contributed by atoms with Gasteiger partial charge in [0.25, 0.3) is 10.0 Å². The number of hydrogen-bond acceptors (Lipinski definition) is 3. The van der Waals surface area contributed by atoms with Crippen molar-refractivity contribution < 1.29 is 27.1 Å². The zero-order valence-corrected chi connectivity index (χ0v) is 9.64. The Morgan fingerprint density at radius 1 is 1.38 bits per heavy atom. The van der Waals surface area contributed by atoms with Gasteiger partial charge < -0.3 is 5.11 Å². The lowest BCUT2D eigenvalue weighted by Crippen LogP contribution is -2.30. The Morgan fingerprint density at radius 3 is 2.38 bits per heavy atom. The number of aliphatic carboxylic acids is 1. The average Bonchev–Trinajstić information content (AvgIpc) is 2.14. The van der Waals surface area contributed by atoms with Crippen LogP contribution in [0.25, 0.3) is 0 Å². The van der Waals surface area contributed by atoms with Gasteiger partial charge >= 0.3 is 11.7 Å². The molecule has 0 aromatic heterocycles. The van der Waals surface area contributed by atoms with Crippen LogP contribution < -0.4 is 4.72 Å². The number of hydrogen-bond donors (Lipinski definition) is 2. The van der Waals surface area contributed by atoms with Crippen molar-refractivity contribution in [2.75, 3.05) is 6.54 Å². The van der Waals surface area contributed by atoms with Gasteiger partial charge in [-0.15, -0.1) is 0 Å². The fourth-order valence-corrected chi connectivity index (χ4v) is 1.55. The first-order chi connectivity index (χ1) is 7.25. The second kappa shape index (κ2) is 6.74. The molecule has 16 heavy (non-hydrogen) atoms. The van der Waals surface area contributed by atoms with Gasteiger partial charge in [0.1, 0.15) is 0 Å². The lowest BCUT2D eigenvalue weighted by atomic mass is 10.0. The summed E-state index contributed by atoms with van der Waals surface area (Å²) in [7, 11) is -4.52. The molecule has 0 aliphatic rings. The second-order valence-corrected chi connectivity index (χ2v) is 5.26. The molecule has 8 heteroatoms. The molecule has 1 unspecified atom stereocenters. The van der Waals surface area contributed by atoms with Gasteiger partial charge in [-0.05, 0) is 18.8 Å². The van der Waals surface area contributed by atoms with Gasteiger partial charge in [-0.25, -0.2) is 13.1 Å². The van der Waals surface area contributed by atoms with Crippen molar-refractivity contribution in [2.24, 2.45) is 5.92 Å². The Hall–Kier alpha value is -0.760. The van der Waals surface area contributed by atoms with Crippen molar-refractivity contribution in [1.82, 2.24) is 4.72 Å². The monoisotopic (exact) mass is 259 g/mol. The molecule has 96 valence electrons. The summed E-state index contributed by atoms with van der Waals surface area (Å²) < 4.78 is 46.7. The molecule has 0 heterocycles. The van der Waals surface area contributed by atoms with Crippen LogP contribution in [-0.4, -0.2) is 31.8 Å². The van der Waals surface area contributed by atoms with E-state index in [9.17, 15) is 22.0 Å². The average molecular weight is 259 g/mol. The molecular formula is C8H15F2NO4S. The van der Waals surface area contributed by atoms with Gasteiger partial charge in [0.2, 0.25) is 0 Å². The van der Waals surface area contributed by atoms with Crippen molar-refractivity contribution in [2.45, 2.75) is 31.9 Å². The summed E-state index contributed by atoms with van der Waals surface area (Å²) >= 11 is 0. The first-order valence-corrected chi connectivity index (χ1v) is 6.28. The molecule has 0 amide bonds. The molecule has 0 aliphatic carbocycles. The lowest BCUT2D eigenvalue weighted by molar-refractivity contribution is -0.137. The Bertz CT molecular complexity index is 318. The zero-order valence-electron chi connectivity index (χ0n) is 8.82. The van der Waals surface area contributed by atoms with Gasteiger partial charge in [-0.3, -0.25) is 4.79 Å². The minimum absolute atomic E-state index is 0.0111. The fraction of sp³-hybridized carbons (Fsp3) is 0.875. The smallest absolute Gasteiger partial charge is 0.350 e. The van der Waals surface area contributed by atoms with Crippen LogP contribution in [0.3, 0.4) is 0 Å². The second-order valence-electron chi connectivity index (χ2n) is 3.53. The highest BCUT2D eigenvalue weighted by Gasteiger charge is 2.22. The number of carboxylic acids is 1. The normalized spacial score (nSPS) is 14.0. The summed E-state index contributed by atoms with van der Waals surface area (Å²) in [6.07, 6.45) is 0.716. The van der Waals surface area contributed by atoms with E-state index in [1.165, 1.54) is 0 Å². The number of carbonyl (C=O) groups is 1. The van der Waals surface area contributed by atoms with E-state index in [1.54, 1.807) is 11.6 Å². The highest BCUT2D eigenvalue weighted by atomic mass is 32.2. The molecule has 1 atom stereocenters. The molecule has 0 fully saturated rings. The number of halogens is 2. The van der Waals surface area contributed by atoms with Gasteiger partial charge in [0.05, 0.1) is 0 Å². The molecule has 2 N–H and O–H groups in total. The van der Waals surface area contributed by atoms with Crippen LogP contribution in [0.15, 0.2) is 0 Å². The molecule has 0 saturated heterocycles. The number of alkyl halides is 2. The number of rotatable bonds is 8. The molecule has 0 aromatic carbocycles. The lowest BCUT2D eigenvalue weighted by Gasteiger charge is -2.10. The minimum Gasteiger partial charge on any atom is -0.481 e. The maximum atomic E-state index is 11.9. The van der Waals surface area contributed by atoms with Crippen molar-refractivity contribution in [3.05, 3.63) is 0 Å². The number of nitrogens with one attached hydrogen (secondary N) is 1. The molecule has 5 nitrogen and oxygen atoms in total. The summed E-state index contributed by atoms with van der Waals surface area (Å²) in [5, 5.41) is 8.38. The number of carboxylic acid groups (broad SMARTS) is 1. The van der Waals surface area contributed by atoms with Crippen LogP contribution in [-0.2, 0) is 14.8 Å². The quantitative estimate of drug-likeness (QED) is 0.681. The molecule has 0 radical (unpaired) electrons. The van der Waals surface area contributed by atoms with Crippen LogP contribution in [0.5, 0.6) is 0 Å². The predicted octanol–water partition coefficient (Wildman–Crippen LogP) is 1.02. The van der Waals surface area contributed by atoms with Crippen LogP contribution in [0.2, 0.25) is 0 Å². The summed E-state index contributed by atoms with van der Waals surface area (Å²) in [6.45, 7) is 1.63. The minimum atomic E-state index is -4.52. The Balaban J connectivity index is 3.78. The van der Waals surface area contributed by atoms with Crippen molar-refractivity contribution in [3.8, 4) is 0 Å². The Labute approximate surface area is 92.9 Å². The van der Waals surface area contributed by atoms with Crippen molar-refractivity contribution >= 4 is 16.0 Å². The maximum Gasteiger partial charge on any atom is 0.350 e. The van der Waals surface area contributed by atoms with E-state index >= 15 is 0 Å². The molecule has 0 aliphatic heterocycles. The molecular weight excluding hydrogens is 244 g/mol. The Morgan fingerprint density at radius 2 is 1.94 bits per heavy atom. The highest BCUT2D eigenvalue weighted by molar-refractivity contribution is 7.89. The highest BCUT2D eigenvalue weighted by Crippen LogP contribution is 2.10. The van der Waals surface area contributed by atoms with Crippen LogP contribution >= 0.6 is 0 Å². The molecule has 0 rings (SSSR count). The standard InChI is InChI=1S/C8H15F2NO4S/c1-6(2-3-7(12)13)4-5-11-16(14,15)8(9)10/h6,8,11H,2-5H2,1H3,(H,12,13). The van der Waals surface area contributed by atoms with E-state index in [0.29, 0.717) is 12.8 Å². The van der Waals surface area contributed by atoms with E-state index < -0.39 is 21.8 Å². The van der Waals surface area contributed by atoms with Gasteiger partial charge in [0, 0.05) is 13.0 Å². The molecule has 0 spiro atoms. The largest absolute Gasteiger partial charge is 0.481 e. The van der Waals surface area contributed by atoms with Gasteiger partial charge in [0.15, 0.2) is 0 Å². The first-order valence-electron chi connectivity index (χ1n) is 4.74. The SMILES string of the molecule is CC(CCNS(=O)(=O)C(F)F)CCC(=O)O. The number of sulfonamides is 1.